The van der Waals surface area contributed by atoms with Gasteiger partial charge in [-0.1, -0.05) is 37.5 Å². The Kier molecular flexibility index (Phi) is 9.54. The number of hydrogen-bond acceptors (Lipinski definition) is 6. The van der Waals surface area contributed by atoms with E-state index in [4.69, 9.17) is 9.72 Å². The number of carbonyl (C=O) groups excluding carboxylic acids is 1. The average Bonchev–Trinajstić information content (AvgIpc) is 3.03. The van der Waals surface area contributed by atoms with Crippen LogP contribution in [-0.4, -0.2) is 87.9 Å². The van der Waals surface area contributed by atoms with E-state index in [-0.39, 0.29) is 18.2 Å². The Balaban J connectivity index is 1.24. The van der Waals surface area contributed by atoms with E-state index in [0.29, 0.717) is 38.5 Å². The Bertz CT molecular complexity index is 1350. The van der Waals surface area contributed by atoms with Crippen LogP contribution in [0, 0.1) is 5.92 Å². The van der Waals surface area contributed by atoms with Crippen LogP contribution in [0.15, 0.2) is 36.5 Å². The molecule has 244 valence electrons. The van der Waals surface area contributed by atoms with Crippen LogP contribution < -0.4 is 4.90 Å². The second-order valence-electron chi connectivity index (χ2n) is 14.6. The number of ether oxygens (including phenoxy) is 1. The van der Waals surface area contributed by atoms with Gasteiger partial charge in [-0.15, -0.1) is 0 Å². The summed E-state index contributed by atoms with van der Waals surface area (Å²) in [6, 6.07) is 10.7. The van der Waals surface area contributed by atoms with Gasteiger partial charge in [-0.25, -0.2) is 9.59 Å². The summed E-state index contributed by atoms with van der Waals surface area (Å²) in [4.78, 5) is 38.8. The van der Waals surface area contributed by atoms with Crippen LogP contribution in [0.5, 0.6) is 0 Å². The zero-order valence-electron chi connectivity index (χ0n) is 27.4. The molecular weight excluding hydrogens is 566 g/mol. The number of amides is 2. The van der Waals surface area contributed by atoms with Gasteiger partial charge in [-0.3, -0.25) is 14.8 Å². The number of fused-ring (bicyclic) bond motifs is 2. The number of rotatable bonds is 6. The predicted molar refractivity (Wildman–Crippen MR) is 176 cm³/mol. The quantitative estimate of drug-likeness (QED) is 0.396. The van der Waals surface area contributed by atoms with Gasteiger partial charge >= 0.3 is 12.2 Å². The smallest absolute Gasteiger partial charge is 0.410 e. The number of carbonyl (C=O) groups is 2. The standard InChI is InChI=1S/C36H51N5O4/c1-36(2,3)45-35(44)39-20-18-38(19-21-39)31-15-8-13-28-24-41(34(42)43)29(22-30(28)31)25-40(23-26-10-5-4-6-11-26)32-16-7-12-27-14-9-17-37-33(27)32/h8-9,13-15,17,26,29,32H,4-7,10-12,16,18-25H2,1-3H3,(H,42,43). The van der Waals surface area contributed by atoms with Crippen molar-refractivity contribution in [3.05, 3.63) is 58.9 Å². The number of pyridine rings is 1. The molecule has 45 heavy (non-hydrogen) atoms. The van der Waals surface area contributed by atoms with E-state index in [1.807, 2.05) is 33.0 Å². The first-order chi connectivity index (χ1) is 21.7. The molecule has 0 bridgehead atoms. The molecule has 9 heteroatoms. The molecule has 1 saturated carbocycles. The molecule has 0 radical (unpaired) electrons. The molecule has 2 aliphatic carbocycles. The molecular formula is C36H51N5O4. The zero-order chi connectivity index (χ0) is 31.6. The second kappa shape index (κ2) is 13.6. The van der Waals surface area contributed by atoms with Gasteiger partial charge in [0.05, 0.1) is 17.8 Å². The highest BCUT2D eigenvalue weighted by atomic mass is 16.6. The maximum atomic E-state index is 12.7. The van der Waals surface area contributed by atoms with E-state index in [9.17, 15) is 14.7 Å². The lowest BCUT2D eigenvalue weighted by Crippen LogP contribution is -2.52. The van der Waals surface area contributed by atoms with Crippen LogP contribution >= 0.6 is 0 Å². The summed E-state index contributed by atoms with van der Waals surface area (Å²) >= 11 is 0. The minimum absolute atomic E-state index is 0.142. The van der Waals surface area contributed by atoms with Gasteiger partial charge in [-0.2, -0.15) is 0 Å². The molecule has 2 aromatic rings. The Morgan fingerprint density at radius 1 is 0.956 bits per heavy atom. The fourth-order valence-electron chi connectivity index (χ4n) is 8.04. The van der Waals surface area contributed by atoms with Gasteiger partial charge in [0, 0.05) is 57.7 Å². The van der Waals surface area contributed by atoms with Crippen molar-refractivity contribution in [1.29, 1.82) is 0 Å². The molecule has 1 saturated heterocycles. The van der Waals surface area contributed by atoms with Crippen molar-refractivity contribution in [3.63, 3.8) is 0 Å². The molecule has 2 fully saturated rings. The highest BCUT2D eigenvalue weighted by molar-refractivity contribution is 5.70. The SMILES string of the molecule is CC(C)(C)OC(=O)N1CCN(c2cccc3c2CC(CN(CC2CCCCC2)C2CCCc4cccnc42)N(C(=O)O)C3)CC1. The van der Waals surface area contributed by atoms with Crippen LogP contribution in [-0.2, 0) is 24.1 Å². The van der Waals surface area contributed by atoms with Crippen LogP contribution in [0.3, 0.4) is 0 Å². The van der Waals surface area contributed by atoms with Crippen LogP contribution in [0.1, 0.15) is 94.1 Å². The number of nitrogens with zero attached hydrogens (tertiary/aromatic N) is 5. The van der Waals surface area contributed by atoms with E-state index >= 15 is 0 Å². The molecule has 0 spiro atoms. The third-order valence-electron chi connectivity index (χ3n) is 10.3. The van der Waals surface area contributed by atoms with Gasteiger partial charge in [0.2, 0.25) is 0 Å². The summed E-state index contributed by atoms with van der Waals surface area (Å²) < 4.78 is 5.62. The zero-order valence-corrected chi connectivity index (χ0v) is 27.4. The van der Waals surface area contributed by atoms with E-state index in [2.05, 4.69) is 34.1 Å². The summed E-state index contributed by atoms with van der Waals surface area (Å²) in [5, 5.41) is 10.5. The Labute approximate surface area is 268 Å². The topological polar surface area (TPSA) is 89.5 Å². The maximum absolute atomic E-state index is 12.7. The minimum atomic E-state index is -0.846. The lowest BCUT2D eigenvalue weighted by molar-refractivity contribution is 0.0240. The van der Waals surface area contributed by atoms with Gasteiger partial charge in [0.15, 0.2) is 0 Å². The first-order valence-corrected chi connectivity index (χ1v) is 17.2. The summed E-state index contributed by atoms with van der Waals surface area (Å²) in [5.74, 6) is 0.652. The average molecular weight is 618 g/mol. The number of carboxylic acid groups (broad SMARTS) is 1. The molecule has 1 N–H and O–H groups in total. The number of aryl methyl sites for hydroxylation is 1. The highest BCUT2D eigenvalue weighted by Gasteiger charge is 2.37. The number of anilines is 1. The fourth-order valence-corrected chi connectivity index (χ4v) is 8.04. The molecule has 2 atom stereocenters. The van der Waals surface area contributed by atoms with Gasteiger partial charge in [0.25, 0.3) is 0 Å². The lowest BCUT2D eigenvalue weighted by atomic mass is 9.85. The van der Waals surface area contributed by atoms with Crippen molar-refractivity contribution in [2.24, 2.45) is 5.92 Å². The number of piperazine rings is 1. The molecule has 6 rings (SSSR count). The highest BCUT2D eigenvalue weighted by Crippen LogP contribution is 2.38. The van der Waals surface area contributed by atoms with E-state index < -0.39 is 11.7 Å². The Morgan fingerprint density at radius 3 is 2.44 bits per heavy atom. The summed E-state index contributed by atoms with van der Waals surface area (Å²) in [6.07, 6.45) is 11.2. The molecule has 1 aromatic heterocycles. The number of benzene rings is 1. The third kappa shape index (κ3) is 7.40. The van der Waals surface area contributed by atoms with E-state index in [0.717, 1.165) is 44.5 Å². The van der Waals surface area contributed by atoms with Gasteiger partial charge in [0.1, 0.15) is 5.60 Å². The normalized spacial score (nSPS) is 22.6. The minimum Gasteiger partial charge on any atom is -0.465 e. The first kappa shape index (κ1) is 31.6. The predicted octanol–water partition coefficient (Wildman–Crippen LogP) is 6.50. The fraction of sp³-hybridized carbons (Fsp3) is 0.639. The van der Waals surface area contributed by atoms with Gasteiger partial charge in [-0.05, 0) is 94.0 Å². The molecule has 2 unspecified atom stereocenters. The van der Waals surface area contributed by atoms with Crippen molar-refractivity contribution in [3.8, 4) is 0 Å². The summed E-state index contributed by atoms with van der Waals surface area (Å²) in [6.45, 7) is 10.5. The van der Waals surface area contributed by atoms with Gasteiger partial charge < -0.3 is 19.6 Å². The van der Waals surface area contributed by atoms with Crippen molar-refractivity contribution >= 4 is 17.9 Å². The van der Waals surface area contributed by atoms with E-state index in [1.165, 1.54) is 54.6 Å². The van der Waals surface area contributed by atoms with Crippen molar-refractivity contribution in [2.45, 2.75) is 103 Å². The Morgan fingerprint density at radius 2 is 1.71 bits per heavy atom. The van der Waals surface area contributed by atoms with Crippen LogP contribution in [0.2, 0.25) is 0 Å². The molecule has 2 amide bonds. The van der Waals surface area contributed by atoms with E-state index in [1.54, 1.807) is 9.80 Å². The lowest BCUT2D eigenvalue weighted by Gasteiger charge is -2.44. The summed E-state index contributed by atoms with van der Waals surface area (Å²) in [7, 11) is 0. The number of hydrogen-bond donors (Lipinski definition) is 1. The molecule has 1 aromatic carbocycles. The van der Waals surface area contributed by atoms with Crippen LogP contribution in [0.4, 0.5) is 15.3 Å². The number of aromatic nitrogens is 1. The molecule has 2 aliphatic heterocycles. The second-order valence-corrected chi connectivity index (χ2v) is 14.6. The molecule has 9 nitrogen and oxygen atoms in total. The van der Waals surface area contributed by atoms with Crippen molar-refractivity contribution in [2.75, 3.05) is 44.2 Å². The van der Waals surface area contributed by atoms with Crippen LogP contribution in [0.25, 0.3) is 0 Å². The maximum Gasteiger partial charge on any atom is 0.410 e. The van der Waals surface area contributed by atoms with Crippen molar-refractivity contribution < 1.29 is 19.4 Å². The molecule has 3 heterocycles. The largest absolute Gasteiger partial charge is 0.465 e. The summed E-state index contributed by atoms with van der Waals surface area (Å²) in [5.41, 5.74) is 5.54. The Hall–Kier alpha value is -3.33. The first-order valence-electron chi connectivity index (χ1n) is 17.2. The third-order valence-corrected chi connectivity index (χ3v) is 10.3. The molecule has 4 aliphatic rings. The van der Waals surface area contributed by atoms with Crippen molar-refractivity contribution in [1.82, 2.24) is 19.7 Å². The monoisotopic (exact) mass is 617 g/mol.